The van der Waals surface area contributed by atoms with Crippen LogP contribution in [0.15, 0.2) is 65.9 Å². The van der Waals surface area contributed by atoms with E-state index in [-0.39, 0.29) is 5.82 Å². The number of hydrogen-bond acceptors (Lipinski definition) is 3. The zero-order chi connectivity index (χ0) is 16.9. The fraction of sp³-hybridized carbons (Fsp3) is 0.0526. The highest BCUT2D eigenvalue weighted by Gasteiger charge is 2.13. The van der Waals surface area contributed by atoms with Gasteiger partial charge in [-0.2, -0.15) is 5.10 Å². The molecule has 0 aliphatic rings. The Kier molecular flexibility index (Phi) is 4.87. The number of halogens is 2. The van der Waals surface area contributed by atoms with Crippen molar-refractivity contribution < 1.29 is 4.39 Å². The fourth-order valence-corrected chi connectivity index (χ4v) is 2.54. The molecule has 0 aliphatic carbocycles. The lowest BCUT2D eigenvalue weighted by atomic mass is 9.96. The highest BCUT2D eigenvalue weighted by molar-refractivity contribution is 6.30. The molecule has 0 unspecified atom stereocenters. The molecular formula is C19H15ClFN3. The first kappa shape index (κ1) is 16.1. The van der Waals surface area contributed by atoms with Gasteiger partial charge in [-0.3, -0.25) is 5.43 Å². The lowest BCUT2D eigenvalue weighted by Gasteiger charge is -2.12. The van der Waals surface area contributed by atoms with Gasteiger partial charge in [-0.1, -0.05) is 41.9 Å². The summed E-state index contributed by atoms with van der Waals surface area (Å²) in [5.41, 5.74) is 5.83. The van der Waals surface area contributed by atoms with E-state index in [1.54, 1.807) is 49.7 Å². The molecule has 0 spiro atoms. The summed E-state index contributed by atoms with van der Waals surface area (Å²) in [5, 5.41) is 4.63. The molecule has 2 aromatic carbocycles. The Morgan fingerprint density at radius 2 is 1.79 bits per heavy atom. The first-order chi connectivity index (χ1) is 11.7. The third-order valence-corrected chi connectivity index (χ3v) is 3.78. The molecule has 3 aromatic rings. The van der Waals surface area contributed by atoms with Gasteiger partial charge < -0.3 is 0 Å². The Bertz CT molecular complexity index is 876. The zero-order valence-corrected chi connectivity index (χ0v) is 13.8. The van der Waals surface area contributed by atoms with E-state index < -0.39 is 0 Å². The van der Waals surface area contributed by atoms with Crippen LogP contribution < -0.4 is 5.43 Å². The molecule has 5 heteroatoms. The summed E-state index contributed by atoms with van der Waals surface area (Å²) >= 11 is 5.98. The van der Waals surface area contributed by atoms with Crippen molar-refractivity contribution in [3.63, 3.8) is 0 Å². The molecule has 0 aliphatic heterocycles. The second kappa shape index (κ2) is 7.23. The van der Waals surface area contributed by atoms with E-state index in [4.69, 9.17) is 11.6 Å². The normalized spacial score (nSPS) is 11.0. The summed E-state index contributed by atoms with van der Waals surface area (Å²) < 4.78 is 14.3. The molecule has 0 amide bonds. The standard InChI is InChI=1S/C19H15ClFN3/c1-2-23-24-19-11-16(13-7-9-14(20)10-8-13)17(12-22-19)15-5-3-4-6-18(15)21/h2-12H,1H3,(H,22,24)/b23-2+. The molecule has 24 heavy (non-hydrogen) atoms. The van der Waals surface area contributed by atoms with Gasteiger partial charge in [0.15, 0.2) is 0 Å². The molecule has 1 heterocycles. The van der Waals surface area contributed by atoms with Gasteiger partial charge >= 0.3 is 0 Å². The number of pyridine rings is 1. The van der Waals surface area contributed by atoms with Gasteiger partial charge in [-0.05, 0) is 42.3 Å². The van der Waals surface area contributed by atoms with Gasteiger partial charge in [0, 0.05) is 28.6 Å². The quantitative estimate of drug-likeness (QED) is 0.494. The number of hydrazone groups is 1. The Morgan fingerprint density at radius 3 is 2.50 bits per heavy atom. The molecule has 0 saturated carbocycles. The number of nitrogens with zero attached hydrogens (tertiary/aromatic N) is 2. The molecule has 1 aromatic heterocycles. The third kappa shape index (κ3) is 3.44. The van der Waals surface area contributed by atoms with E-state index in [9.17, 15) is 4.39 Å². The SMILES string of the molecule is C/C=N/Nc1cc(-c2ccc(Cl)cc2)c(-c2ccccc2F)cn1. The van der Waals surface area contributed by atoms with Crippen LogP contribution >= 0.6 is 11.6 Å². The maximum atomic E-state index is 14.3. The maximum absolute atomic E-state index is 14.3. The molecular weight excluding hydrogens is 325 g/mol. The maximum Gasteiger partial charge on any atom is 0.146 e. The van der Waals surface area contributed by atoms with Crippen molar-refractivity contribution in [2.24, 2.45) is 5.10 Å². The lowest BCUT2D eigenvalue weighted by molar-refractivity contribution is 0.631. The fourth-order valence-electron chi connectivity index (χ4n) is 2.41. The number of benzene rings is 2. The topological polar surface area (TPSA) is 37.3 Å². The Labute approximate surface area is 144 Å². The smallest absolute Gasteiger partial charge is 0.146 e. The van der Waals surface area contributed by atoms with Crippen molar-refractivity contribution in [3.05, 3.63) is 71.6 Å². The third-order valence-electron chi connectivity index (χ3n) is 3.53. The van der Waals surface area contributed by atoms with Crippen LogP contribution in [-0.4, -0.2) is 11.2 Å². The van der Waals surface area contributed by atoms with Gasteiger partial charge in [0.25, 0.3) is 0 Å². The van der Waals surface area contributed by atoms with E-state index in [1.807, 2.05) is 18.2 Å². The summed E-state index contributed by atoms with van der Waals surface area (Å²) in [6, 6.07) is 15.9. The lowest BCUT2D eigenvalue weighted by Crippen LogP contribution is -1.96. The largest absolute Gasteiger partial charge is 0.262 e. The molecule has 0 atom stereocenters. The van der Waals surface area contributed by atoms with Crippen molar-refractivity contribution in [3.8, 4) is 22.3 Å². The van der Waals surface area contributed by atoms with E-state index in [1.165, 1.54) is 6.07 Å². The Morgan fingerprint density at radius 1 is 1.04 bits per heavy atom. The van der Waals surface area contributed by atoms with Gasteiger partial charge in [-0.25, -0.2) is 9.37 Å². The van der Waals surface area contributed by atoms with Crippen molar-refractivity contribution in [2.75, 3.05) is 5.43 Å². The van der Waals surface area contributed by atoms with Crippen molar-refractivity contribution in [1.82, 2.24) is 4.98 Å². The zero-order valence-electron chi connectivity index (χ0n) is 13.0. The van der Waals surface area contributed by atoms with Crippen molar-refractivity contribution in [2.45, 2.75) is 6.92 Å². The molecule has 0 radical (unpaired) electrons. The summed E-state index contributed by atoms with van der Waals surface area (Å²) in [6.45, 7) is 1.81. The Balaban J connectivity index is 2.17. The monoisotopic (exact) mass is 339 g/mol. The van der Waals surface area contributed by atoms with Crippen LogP contribution in [0.2, 0.25) is 5.02 Å². The second-order valence-electron chi connectivity index (χ2n) is 5.10. The van der Waals surface area contributed by atoms with Crippen LogP contribution in [0, 0.1) is 5.82 Å². The summed E-state index contributed by atoms with van der Waals surface area (Å²) in [6.07, 6.45) is 3.28. The van der Waals surface area contributed by atoms with Crippen LogP contribution in [0.1, 0.15) is 6.92 Å². The predicted molar refractivity (Wildman–Crippen MR) is 97.9 cm³/mol. The molecule has 1 N–H and O–H groups in total. The number of anilines is 1. The number of hydrogen-bond donors (Lipinski definition) is 1. The first-order valence-electron chi connectivity index (χ1n) is 7.43. The highest BCUT2D eigenvalue weighted by Crippen LogP contribution is 2.34. The van der Waals surface area contributed by atoms with E-state index in [0.717, 1.165) is 11.1 Å². The number of nitrogens with one attached hydrogen (secondary N) is 1. The van der Waals surface area contributed by atoms with Crippen LogP contribution in [-0.2, 0) is 0 Å². The molecule has 0 saturated heterocycles. The highest BCUT2D eigenvalue weighted by atomic mass is 35.5. The Hall–Kier alpha value is -2.72. The molecule has 0 bridgehead atoms. The predicted octanol–water partition coefficient (Wildman–Crippen LogP) is 5.63. The minimum Gasteiger partial charge on any atom is -0.262 e. The minimum atomic E-state index is -0.290. The van der Waals surface area contributed by atoms with E-state index in [0.29, 0.717) is 22.0 Å². The average Bonchev–Trinajstić information content (AvgIpc) is 2.61. The summed E-state index contributed by atoms with van der Waals surface area (Å²) in [4.78, 5) is 4.32. The van der Waals surface area contributed by atoms with Crippen LogP contribution in [0.4, 0.5) is 10.2 Å². The van der Waals surface area contributed by atoms with Crippen LogP contribution in [0.3, 0.4) is 0 Å². The molecule has 3 nitrogen and oxygen atoms in total. The van der Waals surface area contributed by atoms with Crippen molar-refractivity contribution in [1.29, 1.82) is 0 Å². The average molecular weight is 340 g/mol. The summed E-state index contributed by atoms with van der Waals surface area (Å²) in [7, 11) is 0. The molecule has 3 rings (SSSR count). The second-order valence-corrected chi connectivity index (χ2v) is 5.54. The van der Waals surface area contributed by atoms with Crippen LogP contribution in [0.25, 0.3) is 22.3 Å². The van der Waals surface area contributed by atoms with E-state index in [2.05, 4.69) is 15.5 Å². The van der Waals surface area contributed by atoms with E-state index >= 15 is 0 Å². The number of aromatic nitrogens is 1. The minimum absolute atomic E-state index is 0.290. The molecule has 120 valence electrons. The van der Waals surface area contributed by atoms with Gasteiger partial charge in [-0.15, -0.1) is 0 Å². The summed E-state index contributed by atoms with van der Waals surface area (Å²) in [5.74, 6) is 0.292. The van der Waals surface area contributed by atoms with Gasteiger partial charge in [0.2, 0.25) is 0 Å². The number of rotatable bonds is 4. The van der Waals surface area contributed by atoms with Crippen molar-refractivity contribution >= 4 is 23.6 Å². The van der Waals surface area contributed by atoms with Crippen LogP contribution in [0.5, 0.6) is 0 Å². The van der Waals surface area contributed by atoms with Gasteiger partial charge in [0.1, 0.15) is 11.6 Å². The first-order valence-corrected chi connectivity index (χ1v) is 7.81. The van der Waals surface area contributed by atoms with Gasteiger partial charge in [0.05, 0.1) is 0 Å². The molecule has 0 fully saturated rings.